The van der Waals surface area contributed by atoms with Crippen molar-refractivity contribution in [2.75, 3.05) is 21.3 Å². The van der Waals surface area contributed by atoms with Crippen LogP contribution in [-0.4, -0.2) is 26.3 Å². The van der Waals surface area contributed by atoms with Gasteiger partial charge >= 0.3 is 0 Å². The van der Waals surface area contributed by atoms with Gasteiger partial charge in [0.1, 0.15) is 16.5 Å². The molecule has 0 N–H and O–H groups in total. The number of aromatic nitrogens is 1. The zero-order chi connectivity index (χ0) is 13.8. The lowest BCUT2D eigenvalue weighted by Gasteiger charge is -2.09. The normalized spacial score (nSPS) is 11.0. The summed E-state index contributed by atoms with van der Waals surface area (Å²) in [5, 5.41) is 2.90. The van der Waals surface area contributed by atoms with Gasteiger partial charge in [0.15, 0.2) is 0 Å². The Labute approximate surface area is 117 Å². The van der Waals surface area contributed by atoms with E-state index in [2.05, 4.69) is 11.1 Å². The zero-order valence-corrected chi connectivity index (χ0v) is 12.3. The van der Waals surface area contributed by atoms with Crippen LogP contribution in [0, 0.1) is 6.92 Å². The number of thiazole rings is 1. The van der Waals surface area contributed by atoms with Crippen molar-refractivity contribution in [3.05, 3.63) is 34.8 Å². The number of methoxy groups -OCH3 is 3. The number of nitrogens with zero attached hydrogens (tertiary/aromatic N) is 1. The van der Waals surface area contributed by atoms with Gasteiger partial charge < -0.3 is 14.2 Å². The highest BCUT2D eigenvalue weighted by Crippen LogP contribution is 2.30. The van der Waals surface area contributed by atoms with E-state index >= 15 is 0 Å². The minimum absolute atomic E-state index is 0.413. The van der Waals surface area contributed by atoms with E-state index in [0.717, 1.165) is 27.6 Å². The molecule has 4 nitrogen and oxygen atoms in total. The van der Waals surface area contributed by atoms with Gasteiger partial charge in [0, 0.05) is 25.2 Å². The van der Waals surface area contributed by atoms with Gasteiger partial charge in [-0.2, -0.15) is 0 Å². The molecule has 1 aromatic carbocycles. The molecule has 1 aromatic heterocycles. The zero-order valence-electron chi connectivity index (χ0n) is 11.5. The fourth-order valence-electron chi connectivity index (χ4n) is 1.88. The third kappa shape index (κ3) is 2.94. The molecule has 2 aromatic rings. The quantitative estimate of drug-likeness (QED) is 0.786. The van der Waals surface area contributed by atoms with Crippen molar-refractivity contribution >= 4 is 11.3 Å². The molecule has 0 aliphatic heterocycles. The van der Waals surface area contributed by atoms with Gasteiger partial charge in [-0.3, -0.25) is 0 Å². The maximum Gasteiger partial charge on any atom is 0.201 e. The molecule has 0 unspecified atom stereocenters. The fraction of sp³-hybridized carbons (Fsp3) is 0.357. The summed E-state index contributed by atoms with van der Waals surface area (Å²) in [6.07, 6.45) is -0.413. The maximum atomic E-state index is 5.26. The molecule has 0 radical (unpaired) electrons. The second kappa shape index (κ2) is 6.14. The smallest absolute Gasteiger partial charge is 0.201 e. The molecule has 19 heavy (non-hydrogen) atoms. The summed E-state index contributed by atoms with van der Waals surface area (Å²) >= 11 is 1.57. The molecule has 0 aliphatic rings. The summed E-state index contributed by atoms with van der Waals surface area (Å²) < 4.78 is 15.7. The van der Waals surface area contributed by atoms with Crippen molar-refractivity contribution in [1.29, 1.82) is 0 Å². The van der Waals surface area contributed by atoms with Crippen molar-refractivity contribution in [3.63, 3.8) is 0 Å². The van der Waals surface area contributed by atoms with E-state index in [-0.39, 0.29) is 0 Å². The number of ether oxygens (including phenoxy) is 3. The Balaban J connectivity index is 2.30. The van der Waals surface area contributed by atoms with Crippen LogP contribution in [0.3, 0.4) is 0 Å². The van der Waals surface area contributed by atoms with Gasteiger partial charge in [0.05, 0.1) is 7.11 Å². The number of hydrogen-bond acceptors (Lipinski definition) is 5. The molecule has 0 aliphatic carbocycles. The largest absolute Gasteiger partial charge is 0.496 e. The molecule has 102 valence electrons. The third-order valence-electron chi connectivity index (χ3n) is 2.83. The predicted octanol–water partition coefficient (Wildman–Crippen LogP) is 3.42. The van der Waals surface area contributed by atoms with Crippen molar-refractivity contribution in [1.82, 2.24) is 4.98 Å². The van der Waals surface area contributed by atoms with Gasteiger partial charge in [0.25, 0.3) is 0 Å². The van der Waals surface area contributed by atoms with Crippen LogP contribution in [0.4, 0.5) is 0 Å². The Hall–Kier alpha value is -1.43. The standard InChI is InChI=1S/C14H17NO3S/c1-9-7-10(5-6-12(9)16-2)13-15-11(8-19-13)14(17-3)18-4/h5-8,14H,1-4H3. The molecule has 5 heteroatoms. The highest BCUT2D eigenvalue weighted by molar-refractivity contribution is 7.13. The SMILES string of the molecule is COc1ccc(-c2nc(C(OC)OC)cs2)cc1C. The first-order valence-corrected chi connectivity index (χ1v) is 6.73. The topological polar surface area (TPSA) is 40.6 Å². The van der Waals surface area contributed by atoms with E-state index in [1.54, 1.807) is 32.7 Å². The monoisotopic (exact) mass is 279 g/mol. The molecule has 0 spiro atoms. The molecule has 0 saturated carbocycles. The van der Waals surface area contributed by atoms with Crippen LogP contribution in [0.1, 0.15) is 17.5 Å². The van der Waals surface area contributed by atoms with Crippen LogP contribution in [0.25, 0.3) is 10.6 Å². The molecule has 0 fully saturated rings. The van der Waals surface area contributed by atoms with E-state index < -0.39 is 6.29 Å². The summed E-state index contributed by atoms with van der Waals surface area (Å²) in [7, 11) is 4.88. The molecule has 0 atom stereocenters. The molecular formula is C14H17NO3S. The Morgan fingerprint density at radius 3 is 2.47 bits per heavy atom. The first kappa shape index (κ1) is 14.0. The minimum atomic E-state index is -0.413. The average Bonchev–Trinajstić information content (AvgIpc) is 2.90. The maximum absolute atomic E-state index is 5.26. The number of benzene rings is 1. The predicted molar refractivity (Wildman–Crippen MR) is 75.6 cm³/mol. The van der Waals surface area contributed by atoms with Crippen LogP contribution in [0.15, 0.2) is 23.6 Å². The summed E-state index contributed by atoms with van der Waals surface area (Å²) in [4.78, 5) is 4.55. The Kier molecular flexibility index (Phi) is 4.52. The van der Waals surface area contributed by atoms with Crippen LogP contribution in [0.2, 0.25) is 0 Å². The first-order chi connectivity index (χ1) is 9.19. The van der Waals surface area contributed by atoms with Gasteiger partial charge in [-0.1, -0.05) is 0 Å². The number of rotatable bonds is 5. The van der Waals surface area contributed by atoms with Crippen molar-refractivity contribution in [2.24, 2.45) is 0 Å². The van der Waals surface area contributed by atoms with Gasteiger partial charge in [-0.15, -0.1) is 11.3 Å². The van der Waals surface area contributed by atoms with Crippen LogP contribution < -0.4 is 4.74 Å². The van der Waals surface area contributed by atoms with Gasteiger partial charge in [-0.25, -0.2) is 4.98 Å². The number of hydrogen-bond donors (Lipinski definition) is 0. The molecule has 0 amide bonds. The summed E-state index contributed by atoms with van der Waals surface area (Å²) in [5.74, 6) is 0.882. The highest BCUT2D eigenvalue weighted by Gasteiger charge is 2.14. The van der Waals surface area contributed by atoms with Gasteiger partial charge in [0.2, 0.25) is 6.29 Å². The van der Waals surface area contributed by atoms with E-state index in [9.17, 15) is 0 Å². The molecule has 1 heterocycles. The third-order valence-corrected chi connectivity index (χ3v) is 3.74. The second-order valence-corrected chi connectivity index (χ2v) is 4.92. The number of aryl methyl sites for hydroxylation is 1. The van der Waals surface area contributed by atoms with E-state index in [0.29, 0.717) is 0 Å². The van der Waals surface area contributed by atoms with E-state index in [1.807, 2.05) is 24.4 Å². The van der Waals surface area contributed by atoms with Gasteiger partial charge in [-0.05, 0) is 30.7 Å². The fourth-order valence-corrected chi connectivity index (χ4v) is 2.69. The molecule has 0 saturated heterocycles. The Morgan fingerprint density at radius 1 is 1.16 bits per heavy atom. The van der Waals surface area contributed by atoms with Crippen molar-refractivity contribution in [2.45, 2.75) is 13.2 Å². The van der Waals surface area contributed by atoms with Crippen molar-refractivity contribution < 1.29 is 14.2 Å². The lowest BCUT2D eigenvalue weighted by Crippen LogP contribution is -2.03. The van der Waals surface area contributed by atoms with E-state index in [4.69, 9.17) is 14.2 Å². The van der Waals surface area contributed by atoms with Crippen molar-refractivity contribution in [3.8, 4) is 16.3 Å². The van der Waals surface area contributed by atoms with Crippen LogP contribution >= 0.6 is 11.3 Å². The first-order valence-electron chi connectivity index (χ1n) is 5.85. The second-order valence-electron chi connectivity index (χ2n) is 4.07. The lowest BCUT2D eigenvalue weighted by atomic mass is 10.1. The summed E-state index contributed by atoms with van der Waals surface area (Å²) in [6, 6.07) is 6.02. The van der Waals surface area contributed by atoms with Crippen LogP contribution in [0.5, 0.6) is 5.75 Å². The Morgan fingerprint density at radius 2 is 1.89 bits per heavy atom. The summed E-state index contributed by atoms with van der Waals surface area (Å²) in [5.41, 5.74) is 2.95. The Bertz CT molecular complexity index is 549. The molecular weight excluding hydrogens is 262 g/mol. The lowest BCUT2D eigenvalue weighted by molar-refractivity contribution is -0.108. The van der Waals surface area contributed by atoms with E-state index in [1.165, 1.54) is 0 Å². The van der Waals surface area contributed by atoms with Crippen LogP contribution in [-0.2, 0) is 9.47 Å². The average molecular weight is 279 g/mol. The minimum Gasteiger partial charge on any atom is -0.496 e. The highest BCUT2D eigenvalue weighted by atomic mass is 32.1. The molecule has 2 rings (SSSR count). The summed E-state index contributed by atoms with van der Waals surface area (Å²) in [6.45, 7) is 2.02. The molecule has 0 bridgehead atoms.